The van der Waals surface area contributed by atoms with Crippen LogP contribution >= 0.6 is 12.4 Å². The fraction of sp³-hybridized carbons (Fsp3) is 0.250. The predicted molar refractivity (Wildman–Crippen MR) is 95.4 cm³/mol. The lowest BCUT2D eigenvalue weighted by Crippen LogP contribution is -2.11. The molecule has 0 saturated carbocycles. The number of rotatable bonds is 6. The van der Waals surface area contributed by atoms with Gasteiger partial charge in [-0.25, -0.2) is 0 Å². The van der Waals surface area contributed by atoms with E-state index in [1.165, 1.54) is 0 Å². The summed E-state index contributed by atoms with van der Waals surface area (Å²) in [4.78, 5) is 0. The molecule has 3 aromatic rings. The molecule has 0 aliphatic heterocycles. The highest BCUT2D eigenvalue weighted by atomic mass is 35.5. The van der Waals surface area contributed by atoms with Gasteiger partial charge < -0.3 is 20.8 Å². The number of aliphatic hydroxyl groups excluding tert-OH is 2. The quantitative estimate of drug-likeness (QED) is 0.516. The molecular weight excluding hydrogens is 316 g/mol. The van der Waals surface area contributed by atoms with Crippen molar-refractivity contribution in [2.45, 2.75) is 0 Å². The van der Waals surface area contributed by atoms with E-state index in [9.17, 15) is 0 Å². The maximum atomic E-state index is 8.99. The lowest BCUT2D eigenvalue weighted by molar-refractivity contribution is 0.310. The van der Waals surface area contributed by atoms with Crippen molar-refractivity contribution in [3.63, 3.8) is 0 Å². The summed E-state index contributed by atoms with van der Waals surface area (Å²) in [6.45, 7) is 0.891. The molecule has 122 valence electrons. The third-order valence-corrected chi connectivity index (χ3v) is 3.45. The Morgan fingerprint density at radius 2 is 1.22 bits per heavy atom. The van der Waals surface area contributed by atoms with Crippen LogP contribution in [-0.2, 0) is 0 Å². The summed E-state index contributed by atoms with van der Waals surface area (Å²) in [5.74, 6) is 1.29. The van der Waals surface area contributed by atoms with Gasteiger partial charge in [-0.15, -0.1) is 22.6 Å². The van der Waals surface area contributed by atoms with E-state index >= 15 is 0 Å². The molecule has 0 spiro atoms. The molecule has 23 heavy (non-hydrogen) atoms. The minimum Gasteiger partial charge on any atom is -0.395 e. The van der Waals surface area contributed by atoms with Crippen molar-refractivity contribution in [3.8, 4) is 0 Å². The Labute approximate surface area is 140 Å². The number of halogens is 1. The summed E-state index contributed by atoms with van der Waals surface area (Å²) in [7, 11) is 0. The molecule has 0 saturated heterocycles. The smallest absolute Gasteiger partial charge is 0.156 e. The lowest BCUT2D eigenvalue weighted by atomic mass is 10.0. The van der Waals surface area contributed by atoms with Crippen molar-refractivity contribution in [2.75, 3.05) is 36.9 Å². The Morgan fingerprint density at radius 3 is 1.61 bits per heavy atom. The molecule has 0 atom stereocenters. The van der Waals surface area contributed by atoms with Gasteiger partial charge in [0.05, 0.1) is 13.2 Å². The minimum absolute atomic E-state index is 0. The van der Waals surface area contributed by atoms with Gasteiger partial charge in [0.1, 0.15) is 0 Å². The molecule has 6 nitrogen and oxygen atoms in total. The summed E-state index contributed by atoms with van der Waals surface area (Å²) in [5, 5.41) is 36.6. The molecule has 3 rings (SSSR count). The van der Waals surface area contributed by atoms with E-state index in [0.717, 1.165) is 21.5 Å². The van der Waals surface area contributed by atoms with Crippen LogP contribution in [0.4, 0.5) is 11.6 Å². The van der Waals surface area contributed by atoms with Gasteiger partial charge in [0.25, 0.3) is 0 Å². The van der Waals surface area contributed by atoms with E-state index in [1.54, 1.807) is 0 Å². The number of benzene rings is 2. The molecule has 1 aromatic heterocycles. The third-order valence-electron chi connectivity index (χ3n) is 3.45. The number of nitrogens with one attached hydrogen (secondary N) is 2. The Bertz CT molecular complexity index is 731. The van der Waals surface area contributed by atoms with E-state index < -0.39 is 0 Å². The van der Waals surface area contributed by atoms with E-state index in [2.05, 4.69) is 33.0 Å². The summed E-state index contributed by atoms with van der Waals surface area (Å²) in [6, 6.07) is 12.2. The number of anilines is 2. The fourth-order valence-corrected chi connectivity index (χ4v) is 2.45. The molecule has 1 heterocycles. The lowest BCUT2D eigenvalue weighted by Gasteiger charge is -2.12. The summed E-state index contributed by atoms with van der Waals surface area (Å²) < 4.78 is 0. The maximum Gasteiger partial charge on any atom is 0.156 e. The Hall–Kier alpha value is -2.15. The van der Waals surface area contributed by atoms with E-state index in [0.29, 0.717) is 24.7 Å². The Balaban J connectivity index is 0.00000192. The van der Waals surface area contributed by atoms with Gasteiger partial charge in [0, 0.05) is 23.9 Å². The molecule has 2 aromatic carbocycles. The first-order valence-corrected chi connectivity index (χ1v) is 7.22. The molecule has 0 bridgehead atoms. The van der Waals surface area contributed by atoms with Gasteiger partial charge in [-0.1, -0.05) is 24.3 Å². The van der Waals surface area contributed by atoms with Crippen LogP contribution in [0.5, 0.6) is 0 Å². The molecule has 0 radical (unpaired) electrons. The largest absolute Gasteiger partial charge is 0.395 e. The van der Waals surface area contributed by atoms with Gasteiger partial charge in [0.15, 0.2) is 11.6 Å². The average molecular weight is 335 g/mol. The summed E-state index contributed by atoms with van der Waals surface area (Å²) >= 11 is 0. The van der Waals surface area contributed by atoms with Gasteiger partial charge in [0.2, 0.25) is 0 Å². The van der Waals surface area contributed by atoms with E-state index in [-0.39, 0.29) is 25.6 Å². The Kier molecular flexibility index (Phi) is 5.92. The van der Waals surface area contributed by atoms with Crippen molar-refractivity contribution in [3.05, 3.63) is 36.4 Å². The van der Waals surface area contributed by atoms with Crippen LogP contribution in [0.25, 0.3) is 21.5 Å². The molecule has 0 amide bonds. The second-order valence-corrected chi connectivity index (χ2v) is 4.94. The number of fused-ring (bicyclic) bond motifs is 2. The van der Waals surface area contributed by atoms with Crippen LogP contribution in [0.15, 0.2) is 36.4 Å². The second kappa shape index (κ2) is 7.92. The van der Waals surface area contributed by atoms with Crippen molar-refractivity contribution >= 4 is 45.6 Å². The van der Waals surface area contributed by atoms with Crippen LogP contribution in [0.3, 0.4) is 0 Å². The van der Waals surface area contributed by atoms with Gasteiger partial charge >= 0.3 is 0 Å². The standard InChI is InChI=1S/C16H18N4O2.ClH/c21-7-5-17-15-13-9-11-3-1-2-4-12(11)10-14(13)16(20-19-15)18-6-8-22;/h1-4,9-10,21-22H,5-8H2,(H,17,19)(H,18,20);1H. The monoisotopic (exact) mass is 334 g/mol. The van der Waals surface area contributed by atoms with Crippen molar-refractivity contribution in [1.29, 1.82) is 0 Å². The van der Waals surface area contributed by atoms with Crippen LogP contribution in [0, 0.1) is 0 Å². The highest BCUT2D eigenvalue weighted by molar-refractivity contribution is 6.06. The first-order valence-electron chi connectivity index (χ1n) is 7.22. The minimum atomic E-state index is 0. The van der Waals surface area contributed by atoms with Crippen molar-refractivity contribution in [2.24, 2.45) is 0 Å². The molecule has 4 N–H and O–H groups in total. The number of aliphatic hydroxyl groups is 2. The molecule has 7 heteroatoms. The molecule has 0 aliphatic rings. The predicted octanol–water partition coefficient (Wildman–Crippen LogP) is 2.01. The first kappa shape index (κ1) is 17.2. The molecular formula is C16H19ClN4O2. The number of hydrogen-bond donors (Lipinski definition) is 4. The molecule has 0 unspecified atom stereocenters. The van der Waals surface area contributed by atoms with E-state index in [4.69, 9.17) is 10.2 Å². The van der Waals surface area contributed by atoms with Crippen LogP contribution in [-0.4, -0.2) is 46.7 Å². The van der Waals surface area contributed by atoms with Crippen molar-refractivity contribution < 1.29 is 10.2 Å². The normalized spacial score (nSPS) is 10.5. The van der Waals surface area contributed by atoms with Gasteiger partial charge in [-0.3, -0.25) is 0 Å². The number of aromatic nitrogens is 2. The zero-order chi connectivity index (χ0) is 15.4. The van der Waals surface area contributed by atoms with Crippen LogP contribution in [0.1, 0.15) is 0 Å². The van der Waals surface area contributed by atoms with Crippen LogP contribution < -0.4 is 10.6 Å². The number of nitrogens with zero attached hydrogens (tertiary/aromatic N) is 2. The molecule has 0 aliphatic carbocycles. The summed E-state index contributed by atoms with van der Waals surface area (Å²) in [6.07, 6.45) is 0. The topological polar surface area (TPSA) is 90.3 Å². The Morgan fingerprint density at radius 1 is 0.783 bits per heavy atom. The van der Waals surface area contributed by atoms with E-state index in [1.807, 2.05) is 24.3 Å². The number of hydrogen-bond acceptors (Lipinski definition) is 6. The zero-order valence-corrected chi connectivity index (χ0v) is 13.3. The zero-order valence-electron chi connectivity index (χ0n) is 12.5. The highest BCUT2D eigenvalue weighted by Gasteiger charge is 2.10. The second-order valence-electron chi connectivity index (χ2n) is 4.94. The average Bonchev–Trinajstić information content (AvgIpc) is 2.57. The third kappa shape index (κ3) is 3.61. The first-order chi connectivity index (χ1) is 10.8. The van der Waals surface area contributed by atoms with Crippen molar-refractivity contribution in [1.82, 2.24) is 10.2 Å². The fourth-order valence-electron chi connectivity index (χ4n) is 2.45. The molecule has 0 fully saturated rings. The van der Waals surface area contributed by atoms with Crippen LogP contribution in [0.2, 0.25) is 0 Å². The highest BCUT2D eigenvalue weighted by Crippen LogP contribution is 2.30. The van der Waals surface area contributed by atoms with Gasteiger partial charge in [-0.2, -0.15) is 0 Å². The SMILES string of the molecule is Cl.OCCNc1nnc(NCCO)c2cc3ccccc3cc12. The maximum absolute atomic E-state index is 8.99. The summed E-state index contributed by atoms with van der Waals surface area (Å²) in [5.41, 5.74) is 0. The van der Waals surface area contributed by atoms with Gasteiger partial charge in [-0.05, 0) is 22.9 Å².